The molecule has 1 rings (SSSR count). The summed E-state index contributed by atoms with van der Waals surface area (Å²) in [5.74, 6) is 1.82. The van der Waals surface area contributed by atoms with E-state index in [1.807, 2.05) is 23.9 Å². The van der Waals surface area contributed by atoms with Gasteiger partial charge in [-0.25, -0.2) is 4.98 Å². The van der Waals surface area contributed by atoms with E-state index in [1.54, 1.807) is 13.3 Å². The Bertz CT molecular complexity index is 268. The van der Waals surface area contributed by atoms with Gasteiger partial charge in [0, 0.05) is 31.1 Å². The Morgan fingerprint density at radius 2 is 2.43 bits per heavy atom. The van der Waals surface area contributed by atoms with Gasteiger partial charge < -0.3 is 10.1 Å². The van der Waals surface area contributed by atoms with E-state index >= 15 is 0 Å². The molecule has 0 aliphatic rings. The van der Waals surface area contributed by atoms with Crippen molar-refractivity contribution < 1.29 is 4.74 Å². The molecule has 0 aromatic carbocycles. The molecule has 14 heavy (non-hydrogen) atoms. The van der Waals surface area contributed by atoms with Crippen molar-refractivity contribution in [1.82, 2.24) is 10.3 Å². The second-order valence-corrected chi connectivity index (χ2v) is 3.86. The van der Waals surface area contributed by atoms with Gasteiger partial charge in [-0.05, 0) is 17.9 Å². The summed E-state index contributed by atoms with van der Waals surface area (Å²) >= 11 is 1.84. The highest BCUT2D eigenvalue weighted by molar-refractivity contribution is 7.98. The fourth-order valence-corrected chi connectivity index (χ4v) is 1.43. The molecule has 0 fully saturated rings. The first kappa shape index (κ1) is 11.3. The fraction of sp³-hybridized carbons (Fsp3) is 0.500. The average Bonchev–Trinajstić information content (AvgIpc) is 2.25. The third kappa shape index (κ3) is 3.98. The SMILES string of the molecule is COc1cc(CNCCSC)ccn1. The maximum absolute atomic E-state index is 5.04. The maximum atomic E-state index is 5.04. The lowest BCUT2D eigenvalue weighted by molar-refractivity contribution is 0.397. The molecule has 0 unspecified atom stereocenters. The highest BCUT2D eigenvalue weighted by atomic mass is 32.2. The molecule has 1 aromatic rings. The molecule has 0 bridgehead atoms. The van der Waals surface area contributed by atoms with Gasteiger partial charge in [0.25, 0.3) is 0 Å². The highest BCUT2D eigenvalue weighted by Crippen LogP contribution is 2.07. The second-order valence-electron chi connectivity index (χ2n) is 2.88. The molecule has 78 valence electrons. The van der Waals surface area contributed by atoms with Crippen LogP contribution in [-0.2, 0) is 6.54 Å². The van der Waals surface area contributed by atoms with Crippen LogP contribution in [0.4, 0.5) is 0 Å². The van der Waals surface area contributed by atoms with Crippen LogP contribution in [0.25, 0.3) is 0 Å². The molecular formula is C10H16N2OS. The summed E-state index contributed by atoms with van der Waals surface area (Å²) in [7, 11) is 1.63. The molecule has 0 atom stereocenters. The largest absolute Gasteiger partial charge is 0.481 e. The highest BCUT2D eigenvalue weighted by Gasteiger charge is 1.95. The third-order valence-corrected chi connectivity index (χ3v) is 2.43. The predicted octanol–water partition coefficient (Wildman–Crippen LogP) is 1.54. The molecule has 1 aromatic heterocycles. The van der Waals surface area contributed by atoms with Crippen LogP contribution in [0.2, 0.25) is 0 Å². The molecule has 0 spiro atoms. The number of ether oxygens (including phenoxy) is 1. The van der Waals surface area contributed by atoms with Crippen LogP contribution in [0.5, 0.6) is 5.88 Å². The smallest absolute Gasteiger partial charge is 0.213 e. The zero-order chi connectivity index (χ0) is 10.2. The quantitative estimate of drug-likeness (QED) is 0.725. The van der Waals surface area contributed by atoms with Gasteiger partial charge in [0.05, 0.1) is 7.11 Å². The van der Waals surface area contributed by atoms with Crippen LogP contribution in [0, 0.1) is 0 Å². The lowest BCUT2D eigenvalue weighted by Crippen LogP contribution is -2.16. The third-order valence-electron chi connectivity index (χ3n) is 1.82. The van der Waals surface area contributed by atoms with Gasteiger partial charge in [-0.15, -0.1) is 0 Å². The topological polar surface area (TPSA) is 34.1 Å². The monoisotopic (exact) mass is 212 g/mol. The zero-order valence-corrected chi connectivity index (χ0v) is 9.43. The van der Waals surface area contributed by atoms with E-state index in [0.717, 1.165) is 18.8 Å². The Hall–Kier alpha value is -0.740. The van der Waals surface area contributed by atoms with Crippen molar-refractivity contribution in [1.29, 1.82) is 0 Å². The summed E-state index contributed by atoms with van der Waals surface area (Å²) in [4.78, 5) is 4.05. The number of aromatic nitrogens is 1. The van der Waals surface area contributed by atoms with Crippen molar-refractivity contribution >= 4 is 11.8 Å². The number of nitrogens with zero attached hydrogens (tertiary/aromatic N) is 1. The van der Waals surface area contributed by atoms with Crippen LogP contribution in [0.1, 0.15) is 5.56 Å². The van der Waals surface area contributed by atoms with Crippen molar-refractivity contribution in [3.63, 3.8) is 0 Å². The predicted molar refractivity (Wildman–Crippen MR) is 60.9 cm³/mol. The van der Waals surface area contributed by atoms with E-state index in [1.165, 1.54) is 5.56 Å². The van der Waals surface area contributed by atoms with Crippen LogP contribution >= 0.6 is 11.8 Å². The number of pyridine rings is 1. The number of nitrogens with one attached hydrogen (secondary N) is 1. The van der Waals surface area contributed by atoms with E-state index in [9.17, 15) is 0 Å². The van der Waals surface area contributed by atoms with Crippen LogP contribution in [0.3, 0.4) is 0 Å². The summed E-state index contributed by atoms with van der Waals surface area (Å²) in [5, 5.41) is 3.35. The zero-order valence-electron chi connectivity index (χ0n) is 8.62. The van der Waals surface area contributed by atoms with Crippen molar-refractivity contribution in [3.8, 4) is 5.88 Å². The van der Waals surface area contributed by atoms with E-state index in [2.05, 4.69) is 16.6 Å². The minimum absolute atomic E-state index is 0.675. The number of hydrogen-bond acceptors (Lipinski definition) is 4. The summed E-state index contributed by atoms with van der Waals surface area (Å²) in [6.07, 6.45) is 3.88. The minimum Gasteiger partial charge on any atom is -0.481 e. The van der Waals surface area contributed by atoms with E-state index in [0.29, 0.717) is 5.88 Å². The van der Waals surface area contributed by atoms with Crippen molar-refractivity contribution in [3.05, 3.63) is 23.9 Å². The number of hydrogen-bond donors (Lipinski definition) is 1. The maximum Gasteiger partial charge on any atom is 0.213 e. The first-order chi connectivity index (χ1) is 6.86. The molecule has 1 N–H and O–H groups in total. The van der Waals surface area contributed by atoms with Gasteiger partial charge in [0.1, 0.15) is 0 Å². The van der Waals surface area contributed by atoms with Gasteiger partial charge in [0.2, 0.25) is 5.88 Å². The summed E-state index contributed by atoms with van der Waals surface area (Å²) < 4.78 is 5.04. The van der Waals surface area contributed by atoms with Crippen molar-refractivity contribution in [2.75, 3.05) is 25.7 Å². The lowest BCUT2D eigenvalue weighted by Gasteiger charge is -2.04. The molecule has 4 heteroatoms. The Kier molecular flexibility index (Phi) is 5.40. The molecule has 0 aliphatic carbocycles. The van der Waals surface area contributed by atoms with Crippen LogP contribution < -0.4 is 10.1 Å². The van der Waals surface area contributed by atoms with E-state index in [4.69, 9.17) is 4.74 Å². The van der Waals surface area contributed by atoms with Crippen LogP contribution in [0.15, 0.2) is 18.3 Å². The summed E-state index contributed by atoms with van der Waals surface area (Å²) in [5.41, 5.74) is 1.21. The van der Waals surface area contributed by atoms with E-state index in [-0.39, 0.29) is 0 Å². The molecule has 1 heterocycles. The van der Waals surface area contributed by atoms with Gasteiger partial charge in [-0.3, -0.25) is 0 Å². The summed E-state index contributed by atoms with van der Waals surface area (Å²) in [6.45, 7) is 1.91. The molecule has 0 radical (unpaired) electrons. The van der Waals surface area contributed by atoms with Gasteiger partial charge in [-0.1, -0.05) is 0 Å². The van der Waals surface area contributed by atoms with Crippen molar-refractivity contribution in [2.45, 2.75) is 6.54 Å². The molecule has 0 aliphatic heterocycles. The van der Waals surface area contributed by atoms with Gasteiger partial charge in [0.15, 0.2) is 0 Å². The number of thioether (sulfide) groups is 1. The Morgan fingerprint density at radius 3 is 3.14 bits per heavy atom. The summed E-state index contributed by atoms with van der Waals surface area (Å²) in [6, 6.07) is 3.95. The van der Waals surface area contributed by atoms with Gasteiger partial charge >= 0.3 is 0 Å². The minimum atomic E-state index is 0.675. The average molecular weight is 212 g/mol. The molecule has 0 saturated heterocycles. The first-order valence-corrected chi connectivity index (χ1v) is 5.94. The van der Waals surface area contributed by atoms with E-state index < -0.39 is 0 Å². The second kappa shape index (κ2) is 6.68. The standard InChI is InChI=1S/C10H16N2OS/c1-13-10-7-9(3-4-12-10)8-11-5-6-14-2/h3-4,7,11H,5-6,8H2,1-2H3. The normalized spacial score (nSPS) is 10.1. The Balaban J connectivity index is 2.34. The molecule has 3 nitrogen and oxygen atoms in total. The lowest BCUT2D eigenvalue weighted by atomic mass is 10.2. The molecular weight excluding hydrogens is 196 g/mol. The van der Waals surface area contributed by atoms with Gasteiger partial charge in [-0.2, -0.15) is 11.8 Å². The Morgan fingerprint density at radius 1 is 1.57 bits per heavy atom. The fourth-order valence-electron chi connectivity index (χ4n) is 1.08. The van der Waals surface area contributed by atoms with Crippen LogP contribution in [-0.4, -0.2) is 30.6 Å². The van der Waals surface area contributed by atoms with Crippen molar-refractivity contribution in [2.24, 2.45) is 0 Å². The Labute approximate surface area is 89.3 Å². The molecule has 0 amide bonds. The number of methoxy groups -OCH3 is 1. The first-order valence-electron chi connectivity index (χ1n) is 4.55. The number of rotatable bonds is 6. The molecule has 0 saturated carbocycles.